The van der Waals surface area contributed by atoms with Crippen molar-refractivity contribution in [3.63, 3.8) is 0 Å². The molecule has 4 rings (SSSR count). The maximum Gasteiger partial charge on any atom is 0.427 e. The van der Waals surface area contributed by atoms with Crippen LogP contribution in [0.15, 0.2) is 42.7 Å². The van der Waals surface area contributed by atoms with Crippen molar-refractivity contribution in [2.75, 3.05) is 10.2 Å². The predicted molar refractivity (Wildman–Crippen MR) is 154 cm³/mol. The quantitative estimate of drug-likeness (QED) is 0.263. The van der Waals surface area contributed by atoms with Crippen molar-refractivity contribution < 1.29 is 19.1 Å². The highest BCUT2D eigenvalue weighted by Gasteiger charge is 2.35. The highest BCUT2D eigenvalue weighted by atomic mass is 35.5. The summed E-state index contributed by atoms with van der Waals surface area (Å²) in [6.45, 7) is 11.8. The summed E-state index contributed by atoms with van der Waals surface area (Å²) >= 11 is 12.8. The number of aromatic nitrogens is 5. The molecule has 3 heterocycles. The van der Waals surface area contributed by atoms with Crippen molar-refractivity contribution in [2.45, 2.75) is 59.7 Å². The number of hydrogen-bond donors (Lipinski definition) is 1. The van der Waals surface area contributed by atoms with E-state index in [2.05, 4.69) is 25.4 Å². The van der Waals surface area contributed by atoms with Gasteiger partial charge in [0.05, 0.1) is 20.9 Å². The number of amides is 2. The van der Waals surface area contributed by atoms with E-state index >= 15 is 0 Å². The Morgan fingerprint density at radius 2 is 1.55 bits per heavy atom. The van der Waals surface area contributed by atoms with Gasteiger partial charge in [0.2, 0.25) is 5.95 Å². The monoisotopic (exact) mass is 585 g/mol. The van der Waals surface area contributed by atoms with Crippen LogP contribution >= 0.6 is 23.2 Å². The molecule has 13 heteroatoms. The Morgan fingerprint density at radius 3 is 2.12 bits per heavy atom. The maximum absolute atomic E-state index is 13.1. The zero-order valence-corrected chi connectivity index (χ0v) is 24.6. The molecular weight excluding hydrogens is 557 g/mol. The summed E-state index contributed by atoms with van der Waals surface area (Å²) in [5, 5.41) is 9.24. The minimum Gasteiger partial charge on any atom is -0.443 e. The lowest BCUT2D eigenvalue weighted by Crippen LogP contribution is -2.44. The van der Waals surface area contributed by atoms with Crippen molar-refractivity contribution in [2.24, 2.45) is 0 Å². The van der Waals surface area contributed by atoms with Gasteiger partial charge in [-0.15, -0.1) is 4.90 Å². The summed E-state index contributed by atoms with van der Waals surface area (Å²) in [6.07, 6.45) is 1.37. The molecule has 11 nitrogen and oxygen atoms in total. The summed E-state index contributed by atoms with van der Waals surface area (Å²) in [5.41, 5.74) is -0.156. The topological polar surface area (TPSA) is 124 Å². The lowest BCUT2D eigenvalue weighted by Gasteiger charge is -2.27. The van der Waals surface area contributed by atoms with Crippen LogP contribution < -0.4 is 10.2 Å². The molecule has 1 aromatic carbocycles. The number of nitrogens with one attached hydrogen (secondary N) is 1. The second-order valence-corrected chi connectivity index (χ2v) is 11.7. The van der Waals surface area contributed by atoms with Crippen LogP contribution in [0.3, 0.4) is 0 Å². The molecule has 1 N–H and O–H groups in total. The fourth-order valence-electron chi connectivity index (χ4n) is 3.56. The van der Waals surface area contributed by atoms with E-state index in [0.29, 0.717) is 43.0 Å². The Labute approximate surface area is 241 Å². The van der Waals surface area contributed by atoms with Crippen molar-refractivity contribution in [1.29, 1.82) is 0 Å². The number of nitrogens with zero attached hydrogens (tertiary/aromatic N) is 6. The van der Waals surface area contributed by atoms with E-state index in [1.54, 1.807) is 95.9 Å². The van der Waals surface area contributed by atoms with Gasteiger partial charge in [-0.25, -0.2) is 24.2 Å². The van der Waals surface area contributed by atoms with E-state index in [9.17, 15) is 9.59 Å². The number of ether oxygens (including phenoxy) is 2. The zero-order chi connectivity index (χ0) is 29.4. The average molecular weight is 586 g/mol. The molecule has 4 aromatic rings. The Hall–Kier alpha value is -3.96. The number of benzene rings is 1. The largest absolute Gasteiger partial charge is 0.443 e. The van der Waals surface area contributed by atoms with Crippen LogP contribution in [0.2, 0.25) is 10.0 Å². The number of para-hydroxylation sites is 1. The third-order valence-corrected chi connectivity index (χ3v) is 5.65. The molecule has 3 aromatic heterocycles. The lowest BCUT2D eigenvalue weighted by atomic mass is 10.2. The van der Waals surface area contributed by atoms with Gasteiger partial charge in [-0.3, -0.25) is 0 Å². The molecule has 0 bridgehead atoms. The lowest BCUT2D eigenvalue weighted by molar-refractivity contribution is 0.0427. The average Bonchev–Trinajstić information content (AvgIpc) is 3.21. The number of hydrogen-bond acceptors (Lipinski definition) is 9. The molecule has 2 amide bonds. The summed E-state index contributed by atoms with van der Waals surface area (Å²) in [7, 11) is 0. The summed E-state index contributed by atoms with van der Waals surface area (Å²) in [5.74, 6) is 0.455. The van der Waals surface area contributed by atoms with E-state index in [0.717, 1.165) is 0 Å². The van der Waals surface area contributed by atoms with Crippen LogP contribution in [-0.4, -0.2) is 48.1 Å². The second kappa shape index (κ2) is 10.9. The van der Waals surface area contributed by atoms with Crippen LogP contribution in [0.4, 0.5) is 27.2 Å². The molecule has 0 fully saturated rings. The molecule has 0 spiro atoms. The minimum atomic E-state index is -0.976. The van der Waals surface area contributed by atoms with Gasteiger partial charge in [0, 0.05) is 24.2 Å². The second-order valence-electron chi connectivity index (χ2n) is 10.9. The first-order valence-electron chi connectivity index (χ1n) is 12.3. The Balaban J connectivity index is 1.74. The number of carbonyl (C=O) groups is 2. The standard InChI is InChI=1S/C27H29Cl2N7O4/c1-15-13-20(33-23(31-15)36(24(37)39-26(2,3)4)25(38)40-27(5,6)7)32-22-16-14-35(34-19(16)11-12-30-22)21-17(28)9-8-10-18(21)29/h8-14H,1-7H3,(H,30,31,32,33). The van der Waals surface area contributed by atoms with Gasteiger partial charge in [0.25, 0.3) is 0 Å². The third kappa shape index (κ3) is 6.78. The Kier molecular flexibility index (Phi) is 7.91. The summed E-state index contributed by atoms with van der Waals surface area (Å²) in [6, 6.07) is 8.57. The van der Waals surface area contributed by atoms with E-state index in [1.807, 2.05) is 0 Å². The van der Waals surface area contributed by atoms with E-state index < -0.39 is 23.4 Å². The molecule has 0 aliphatic heterocycles. The summed E-state index contributed by atoms with van der Waals surface area (Å²) < 4.78 is 12.5. The minimum absolute atomic E-state index is 0.225. The van der Waals surface area contributed by atoms with Gasteiger partial charge >= 0.3 is 12.2 Å². The molecule has 0 unspecified atom stereocenters. The number of carbonyl (C=O) groups excluding carboxylic acids is 2. The van der Waals surface area contributed by atoms with E-state index in [-0.39, 0.29) is 11.8 Å². The van der Waals surface area contributed by atoms with E-state index in [4.69, 9.17) is 32.7 Å². The molecule has 0 radical (unpaired) electrons. The highest BCUT2D eigenvalue weighted by Crippen LogP contribution is 2.31. The number of imide groups is 1. The predicted octanol–water partition coefficient (Wildman–Crippen LogP) is 7.25. The van der Waals surface area contributed by atoms with Gasteiger partial charge < -0.3 is 14.8 Å². The molecular formula is C27H29Cl2N7O4. The van der Waals surface area contributed by atoms with Crippen LogP contribution in [0.5, 0.6) is 0 Å². The fraction of sp³-hybridized carbons (Fsp3) is 0.333. The SMILES string of the molecule is Cc1cc(Nc2nccc3nn(-c4c(Cl)cccc4Cl)cc23)nc(N(C(=O)OC(C)(C)C)C(=O)OC(C)(C)C)n1. The van der Waals surface area contributed by atoms with Gasteiger partial charge in [-0.2, -0.15) is 10.1 Å². The number of anilines is 3. The van der Waals surface area contributed by atoms with Crippen LogP contribution in [-0.2, 0) is 9.47 Å². The number of halogens is 2. The van der Waals surface area contributed by atoms with Crippen molar-refractivity contribution in [3.05, 3.63) is 58.5 Å². The molecule has 0 saturated heterocycles. The maximum atomic E-state index is 13.1. The fourth-order valence-corrected chi connectivity index (χ4v) is 4.13. The van der Waals surface area contributed by atoms with Gasteiger partial charge in [-0.1, -0.05) is 29.3 Å². The normalized spacial score (nSPS) is 11.8. The highest BCUT2D eigenvalue weighted by molar-refractivity contribution is 6.37. The first kappa shape index (κ1) is 29.0. The zero-order valence-electron chi connectivity index (χ0n) is 23.1. The van der Waals surface area contributed by atoms with E-state index in [1.165, 1.54) is 0 Å². The van der Waals surface area contributed by atoms with Crippen LogP contribution in [0.1, 0.15) is 47.2 Å². The summed E-state index contributed by atoms with van der Waals surface area (Å²) in [4.78, 5) is 40.0. The van der Waals surface area contributed by atoms with Crippen molar-refractivity contribution in [3.8, 4) is 5.69 Å². The third-order valence-electron chi connectivity index (χ3n) is 5.04. The molecule has 0 aliphatic carbocycles. The van der Waals surface area contributed by atoms with Gasteiger partial charge in [0.1, 0.15) is 28.5 Å². The molecule has 0 aliphatic rings. The smallest absolute Gasteiger partial charge is 0.427 e. The van der Waals surface area contributed by atoms with Crippen molar-refractivity contribution >= 4 is 63.9 Å². The van der Waals surface area contributed by atoms with Gasteiger partial charge in [0.15, 0.2) is 0 Å². The van der Waals surface area contributed by atoms with Crippen LogP contribution in [0.25, 0.3) is 16.6 Å². The van der Waals surface area contributed by atoms with Crippen LogP contribution in [0, 0.1) is 6.92 Å². The Morgan fingerprint density at radius 1 is 0.950 bits per heavy atom. The number of pyridine rings is 1. The first-order valence-corrected chi connectivity index (χ1v) is 13.0. The Bertz CT molecular complexity index is 1540. The van der Waals surface area contributed by atoms with Crippen molar-refractivity contribution in [1.82, 2.24) is 24.7 Å². The first-order chi connectivity index (χ1) is 18.6. The number of aryl methyl sites for hydroxylation is 1. The number of fused-ring (bicyclic) bond motifs is 1. The molecule has 0 saturated carbocycles. The molecule has 210 valence electrons. The number of rotatable bonds is 4. The van der Waals surface area contributed by atoms with Gasteiger partial charge in [-0.05, 0) is 66.7 Å². The molecule has 40 heavy (non-hydrogen) atoms. The molecule has 0 atom stereocenters.